The lowest BCUT2D eigenvalue weighted by Gasteiger charge is -2.15. The molecule has 0 saturated heterocycles. The number of phenolic OH excluding ortho intramolecular Hbond substituents is 1. The maximum atomic E-state index is 12.1. The number of phenols is 1. The number of halogens is 1. The average Bonchev–Trinajstić information content (AvgIpc) is 2.49. The van der Waals surface area contributed by atoms with Crippen LogP contribution in [0.5, 0.6) is 5.75 Å². The maximum Gasteiger partial charge on any atom is 0.326 e. The quantitative estimate of drug-likeness (QED) is 0.790. The predicted octanol–water partition coefficient (Wildman–Crippen LogP) is 2.47. The molecule has 0 spiro atoms. The van der Waals surface area contributed by atoms with E-state index >= 15 is 0 Å². The molecule has 0 aliphatic carbocycles. The van der Waals surface area contributed by atoms with Gasteiger partial charge in [-0.1, -0.05) is 23.7 Å². The van der Waals surface area contributed by atoms with Gasteiger partial charge in [0.05, 0.1) is 0 Å². The summed E-state index contributed by atoms with van der Waals surface area (Å²) in [6.07, 6.45) is 0.120. The van der Waals surface area contributed by atoms with Crippen LogP contribution in [0.4, 0.5) is 0 Å². The average molecular weight is 320 g/mol. The first kappa shape index (κ1) is 15.9. The van der Waals surface area contributed by atoms with Gasteiger partial charge in [0.2, 0.25) is 0 Å². The van der Waals surface area contributed by atoms with Gasteiger partial charge in [-0.3, -0.25) is 4.79 Å². The molecular formula is C16H14ClNO4. The van der Waals surface area contributed by atoms with Crippen LogP contribution < -0.4 is 5.32 Å². The van der Waals surface area contributed by atoms with Crippen molar-refractivity contribution in [3.05, 3.63) is 64.7 Å². The van der Waals surface area contributed by atoms with Crippen molar-refractivity contribution in [2.45, 2.75) is 12.5 Å². The number of carbonyl (C=O) groups is 2. The van der Waals surface area contributed by atoms with Crippen molar-refractivity contribution in [3.63, 3.8) is 0 Å². The van der Waals surface area contributed by atoms with E-state index in [0.29, 0.717) is 16.1 Å². The lowest BCUT2D eigenvalue weighted by atomic mass is 10.1. The highest BCUT2D eigenvalue weighted by molar-refractivity contribution is 6.30. The number of aliphatic carboxylic acids is 1. The zero-order chi connectivity index (χ0) is 16.1. The summed E-state index contributed by atoms with van der Waals surface area (Å²) in [4.78, 5) is 23.4. The van der Waals surface area contributed by atoms with Crippen molar-refractivity contribution < 1.29 is 19.8 Å². The van der Waals surface area contributed by atoms with Gasteiger partial charge in [0.1, 0.15) is 11.8 Å². The fourth-order valence-electron chi connectivity index (χ4n) is 1.91. The molecule has 0 aromatic heterocycles. The second kappa shape index (κ2) is 6.95. The Balaban J connectivity index is 2.08. The van der Waals surface area contributed by atoms with E-state index in [1.54, 1.807) is 24.3 Å². The number of rotatable bonds is 5. The van der Waals surface area contributed by atoms with E-state index in [1.165, 1.54) is 24.3 Å². The fraction of sp³-hybridized carbons (Fsp3) is 0.125. The minimum absolute atomic E-state index is 0.0980. The third kappa shape index (κ3) is 4.23. The van der Waals surface area contributed by atoms with Crippen LogP contribution in [0, 0.1) is 0 Å². The number of hydrogen-bond donors (Lipinski definition) is 3. The monoisotopic (exact) mass is 319 g/mol. The van der Waals surface area contributed by atoms with Crippen LogP contribution in [0.2, 0.25) is 5.02 Å². The maximum absolute atomic E-state index is 12.1. The molecule has 2 aromatic carbocycles. The Morgan fingerprint density at radius 3 is 2.18 bits per heavy atom. The van der Waals surface area contributed by atoms with Gasteiger partial charge in [0.15, 0.2) is 0 Å². The molecule has 3 N–H and O–H groups in total. The number of aromatic hydroxyl groups is 1. The third-order valence-corrected chi connectivity index (χ3v) is 3.34. The van der Waals surface area contributed by atoms with Gasteiger partial charge in [0, 0.05) is 17.0 Å². The molecule has 2 aromatic rings. The zero-order valence-corrected chi connectivity index (χ0v) is 12.2. The Labute approximate surface area is 132 Å². The van der Waals surface area contributed by atoms with E-state index < -0.39 is 17.9 Å². The molecule has 22 heavy (non-hydrogen) atoms. The minimum Gasteiger partial charge on any atom is -0.508 e. The molecule has 0 aliphatic rings. The topological polar surface area (TPSA) is 86.6 Å². The van der Waals surface area contributed by atoms with Gasteiger partial charge < -0.3 is 15.5 Å². The number of amides is 1. The largest absolute Gasteiger partial charge is 0.508 e. The number of nitrogens with one attached hydrogen (secondary N) is 1. The van der Waals surface area contributed by atoms with Gasteiger partial charge in [-0.2, -0.15) is 0 Å². The van der Waals surface area contributed by atoms with E-state index in [1.807, 2.05) is 0 Å². The van der Waals surface area contributed by atoms with E-state index in [2.05, 4.69) is 5.32 Å². The highest BCUT2D eigenvalue weighted by atomic mass is 35.5. The molecule has 0 saturated carbocycles. The van der Waals surface area contributed by atoms with Crippen LogP contribution in [0.15, 0.2) is 48.5 Å². The highest BCUT2D eigenvalue weighted by Gasteiger charge is 2.21. The summed E-state index contributed by atoms with van der Waals surface area (Å²) in [6.45, 7) is 0. The number of hydrogen-bond acceptors (Lipinski definition) is 3. The van der Waals surface area contributed by atoms with Crippen molar-refractivity contribution in [1.29, 1.82) is 0 Å². The second-order valence-corrected chi connectivity index (χ2v) is 5.18. The Kier molecular flexibility index (Phi) is 5.01. The smallest absolute Gasteiger partial charge is 0.326 e. The first-order valence-corrected chi connectivity index (χ1v) is 6.90. The Hall–Kier alpha value is -2.53. The molecule has 0 heterocycles. The molecule has 0 bridgehead atoms. The highest BCUT2D eigenvalue weighted by Crippen LogP contribution is 2.13. The summed E-state index contributed by atoms with van der Waals surface area (Å²) in [7, 11) is 0. The molecule has 114 valence electrons. The zero-order valence-electron chi connectivity index (χ0n) is 11.5. The molecule has 1 atom stereocenters. The van der Waals surface area contributed by atoms with E-state index in [0.717, 1.165) is 0 Å². The van der Waals surface area contributed by atoms with Crippen LogP contribution in [-0.4, -0.2) is 28.1 Å². The van der Waals surface area contributed by atoms with Crippen molar-refractivity contribution >= 4 is 23.5 Å². The van der Waals surface area contributed by atoms with Crippen LogP contribution in [0.3, 0.4) is 0 Å². The Morgan fingerprint density at radius 1 is 1.05 bits per heavy atom. The fourth-order valence-corrected chi connectivity index (χ4v) is 2.04. The van der Waals surface area contributed by atoms with Crippen molar-refractivity contribution in [1.82, 2.24) is 5.32 Å². The lowest BCUT2D eigenvalue weighted by molar-refractivity contribution is -0.139. The summed E-state index contributed by atoms with van der Waals surface area (Å²) in [5, 5.41) is 21.4. The van der Waals surface area contributed by atoms with E-state index in [9.17, 15) is 19.8 Å². The van der Waals surface area contributed by atoms with E-state index in [-0.39, 0.29) is 12.2 Å². The van der Waals surface area contributed by atoms with Gasteiger partial charge in [-0.05, 0) is 42.0 Å². The summed E-state index contributed by atoms with van der Waals surface area (Å²) < 4.78 is 0. The Bertz CT molecular complexity index is 668. The number of carboxylic acids is 1. The molecule has 0 unspecified atom stereocenters. The molecule has 1 amide bonds. The van der Waals surface area contributed by atoms with Crippen LogP contribution in [0.25, 0.3) is 0 Å². The third-order valence-electron chi connectivity index (χ3n) is 3.09. The van der Waals surface area contributed by atoms with Gasteiger partial charge >= 0.3 is 5.97 Å². The van der Waals surface area contributed by atoms with Crippen LogP contribution in [0.1, 0.15) is 15.9 Å². The summed E-state index contributed by atoms with van der Waals surface area (Å²) in [5.74, 6) is -1.51. The number of carboxylic acid groups (broad SMARTS) is 1. The first-order chi connectivity index (χ1) is 10.5. The van der Waals surface area contributed by atoms with Gasteiger partial charge in [-0.15, -0.1) is 0 Å². The number of carbonyl (C=O) groups excluding carboxylic acids is 1. The van der Waals surface area contributed by atoms with Crippen LogP contribution >= 0.6 is 11.6 Å². The standard InChI is InChI=1S/C16H14ClNO4/c17-12-5-3-11(4-6-12)15(20)18-14(16(21)22)9-10-1-7-13(19)8-2-10/h1-8,14,19H,9H2,(H,18,20)(H,21,22)/t14-/m0/s1. The number of benzene rings is 2. The molecule has 2 rings (SSSR count). The van der Waals surface area contributed by atoms with Gasteiger partial charge in [0.25, 0.3) is 5.91 Å². The van der Waals surface area contributed by atoms with Crippen molar-refractivity contribution in [3.8, 4) is 5.75 Å². The van der Waals surface area contributed by atoms with Gasteiger partial charge in [-0.25, -0.2) is 4.79 Å². The molecule has 6 heteroatoms. The van der Waals surface area contributed by atoms with Crippen LogP contribution in [-0.2, 0) is 11.2 Å². The molecular weight excluding hydrogens is 306 g/mol. The molecule has 5 nitrogen and oxygen atoms in total. The summed E-state index contributed by atoms with van der Waals surface area (Å²) in [5.41, 5.74) is 1.03. The van der Waals surface area contributed by atoms with Crippen molar-refractivity contribution in [2.24, 2.45) is 0 Å². The molecule has 0 fully saturated rings. The van der Waals surface area contributed by atoms with E-state index in [4.69, 9.17) is 11.6 Å². The van der Waals surface area contributed by atoms with Crippen molar-refractivity contribution in [2.75, 3.05) is 0 Å². The molecule has 0 radical (unpaired) electrons. The summed E-state index contributed by atoms with van der Waals surface area (Å²) in [6, 6.07) is 11.3. The predicted molar refractivity (Wildman–Crippen MR) is 82.2 cm³/mol. The minimum atomic E-state index is -1.13. The normalized spacial score (nSPS) is 11.7. The first-order valence-electron chi connectivity index (χ1n) is 6.53. The Morgan fingerprint density at radius 2 is 1.64 bits per heavy atom. The summed E-state index contributed by atoms with van der Waals surface area (Å²) >= 11 is 5.75. The SMILES string of the molecule is O=C(N[C@@H](Cc1ccc(O)cc1)C(=O)O)c1ccc(Cl)cc1. The second-order valence-electron chi connectivity index (χ2n) is 4.74. The molecule has 0 aliphatic heterocycles. The lowest BCUT2D eigenvalue weighted by Crippen LogP contribution is -2.42.